The third-order valence-electron chi connectivity index (χ3n) is 3.15. The van der Waals surface area contributed by atoms with Crippen LogP contribution in [-0.2, 0) is 18.2 Å². The normalized spacial score (nSPS) is 14.8. The van der Waals surface area contributed by atoms with Gasteiger partial charge in [0.05, 0.1) is 11.8 Å². The average Bonchev–Trinajstić information content (AvgIpc) is 2.77. The second kappa shape index (κ2) is 8.27. The SMILES string of the molecule is CCCNC(Cc1cn(C)nn1)C(OCC)C(C)C. The molecule has 1 aromatic rings. The number of aryl methyl sites for hydroxylation is 1. The van der Waals surface area contributed by atoms with Gasteiger partial charge in [0.2, 0.25) is 0 Å². The molecule has 1 N–H and O–H groups in total. The van der Waals surface area contributed by atoms with Crippen molar-refractivity contribution in [1.82, 2.24) is 20.3 Å². The standard InChI is InChI=1S/C14H28N4O/c1-6-8-15-13(14(11(3)4)19-7-2)9-12-10-18(5)17-16-12/h10-11,13-15H,6-9H2,1-5H3. The third kappa shape index (κ3) is 5.28. The summed E-state index contributed by atoms with van der Waals surface area (Å²) in [5.74, 6) is 0.478. The topological polar surface area (TPSA) is 52.0 Å². The molecule has 0 aliphatic heterocycles. The number of nitrogens with zero attached hydrogens (tertiary/aromatic N) is 3. The summed E-state index contributed by atoms with van der Waals surface area (Å²) in [6.07, 6.45) is 4.16. The fraction of sp³-hybridized carbons (Fsp3) is 0.857. The molecule has 0 spiro atoms. The van der Waals surface area contributed by atoms with Crippen molar-refractivity contribution in [2.45, 2.75) is 52.7 Å². The molecule has 0 aliphatic rings. The first-order valence-corrected chi connectivity index (χ1v) is 7.28. The molecule has 0 aromatic carbocycles. The molecular weight excluding hydrogens is 240 g/mol. The van der Waals surface area contributed by atoms with E-state index in [4.69, 9.17) is 4.74 Å². The van der Waals surface area contributed by atoms with E-state index in [1.807, 2.05) is 13.2 Å². The van der Waals surface area contributed by atoms with Crippen LogP contribution in [0, 0.1) is 5.92 Å². The maximum atomic E-state index is 5.92. The quantitative estimate of drug-likeness (QED) is 0.742. The summed E-state index contributed by atoms with van der Waals surface area (Å²) >= 11 is 0. The van der Waals surface area contributed by atoms with Crippen molar-refractivity contribution >= 4 is 0 Å². The molecule has 110 valence electrons. The van der Waals surface area contributed by atoms with E-state index in [2.05, 4.69) is 43.3 Å². The maximum Gasteiger partial charge on any atom is 0.0843 e. The zero-order valence-corrected chi connectivity index (χ0v) is 12.9. The molecule has 0 saturated carbocycles. The van der Waals surface area contributed by atoms with Crippen molar-refractivity contribution < 1.29 is 4.74 Å². The van der Waals surface area contributed by atoms with Gasteiger partial charge < -0.3 is 10.1 Å². The molecule has 0 radical (unpaired) electrons. The summed E-state index contributed by atoms with van der Waals surface area (Å²) in [5.41, 5.74) is 1.02. The van der Waals surface area contributed by atoms with Crippen LogP contribution in [0.3, 0.4) is 0 Å². The Hall–Kier alpha value is -0.940. The van der Waals surface area contributed by atoms with E-state index >= 15 is 0 Å². The summed E-state index contributed by atoms with van der Waals surface area (Å²) in [4.78, 5) is 0. The van der Waals surface area contributed by atoms with Crippen molar-refractivity contribution in [3.8, 4) is 0 Å². The van der Waals surface area contributed by atoms with Crippen LogP contribution in [-0.4, -0.2) is 40.3 Å². The summed E-state index contributed by atoms with van der Waals surface area (Å²) in [7, 11) is 1.90. The van der Waals surface area contributed by atoms with Gasteiger partial charge in [-0.1, -0.05) is 26.0 Å². The van der Waals surface area contributed by atoms with E-state index in [9.17, 15) is 0 Å². The zero-order valence-electron chi connectivity index (χ0n) is 12.9. The second-order valence-corrected chi connectivity index (χ2v) is 5.31. The van der Waals surface area contributed by atoms with Gasteiger partial charge in [0.1, 0.15) is 0 Å². The van der Waals surface area contributed by atoms with Crippen LogP contribution in [0.2, 0.25) is 0 Å². The Morgan fingerprint density at radius 3 is 2.58 bits per heavy atom. The number of nitrogens with one attached hydrogen (secondary N) is 1. The highest BCUT2D eigenvalue weighted by atomic mass is 16.5. The van der Waals surface area contributed by atoms with Crippen LogP contribution < -0.4 is 5.32 Å². The second-order valence-electron chi connectivity index (χ2n) is 5.31. The van der Waals surface area contributed by atoms with Gasteiger partial charge in [0.25, 0.3) is 0 Å². The maximum absolute atomic E-state index is 5.92. The molecular formula is C14H28N4O. The van der Waals surface area contributed by atoms with Gasteiger partial charge in [0, 0.05) is 32.3 Å². The molecule has 5 nitrogen and oxygen atoms in total. The lowest BCUT2D eigenvalue weighted by Gasteiger charge is -2.30. The van der Waals surface area contributed by atoms with E-state index in [1.165, 1.54) is 0 Å². The van der Waals surface area contributed by atoms with Crippen molar-refractivity contribution in [2.24, 2.45) is 13.0 Å². The van der Waals surface area contributed by atoms with Crippen molar-refractivity contribution in [3.63, 3.8) is 0 Å². The predicted molar refractivity (Wildman–Crippen MR) is 77.0 cm³/mol. The molecule has 1 heterocycles. The Morgan fingerprint density at radius 2 is 2.11 bits per heavy atom. The van der Waals surface area contributed by atoms with E-state index in [0.717, 1.165) is 31.7 Å². The zero-order chi connectivity index (χ0) is 14.3. The minimum atomic E-state index is 0.207. The highest BCUT2D eigenvalue weighted by molar-refractivity contribution is 4.98. The van der Waals surface area contributed by atoms with Crippen molar-refractivity contribution in [3.05, 3.63) is 11.9 Å². The molecule has 1 rings (SSSR count). The van der Waals surface area contributed by atoms with Crippen LogP contribution in [0.4, 0.5) is 0 Å². The van der Waals surface area contributed by atoms with Gasteiger partial charge in [-0.3, -0.25) is 4.68 Å². The van der Waals surface area contributed by atoms with E-state index in [1.54, 1.807) is 4.68 Å². The van der Waals surface area contributed by atoms with Crippen LogP contribution >= 0.6 is 0 Å². The van der Waals surface area contributed by atoms with Crippen LogP contribution in [0.15, 0.2) is 6.20 Å². The fourth-order valence-corrected chi connectivity index (χ4v) is 2.31. The summed E-state index contributed by atoms with van der Waals surface area (Å²) in [5, 5.41) is 11.8. The minimum absolute atomic E-state index is 0.207. The fourth-order valence-electron chi connectivity index (χ4n) is 2.31. The Morgan fingerprint density at radius 1 is 1.37 bits per heavy atom. The first kappa shape index (κ1) is 16.1. The monoisotopic (exact) mass is 268 g/mol. The largest absolute Gasteiger partial charge is 0.377 e. The lowest BCUT2D eigenvalue weighted by Crippen LogP contribution is -2.46. The predicted octanol–water partition coefficient (Wildman–Crippen LogP) is 1.79. The lowest BCUT2D eigenvalue weighted by molar-refractivity contribution is 0.00340. The van der Waals surface area contributed by atoms with Crippen LogP contribution in [0.1, 0.15) is 39.8 Å². The molecule has 0 bridgehead atoms. The molecule has 19 heavy (non-hydrogen) atoms. The van der Waals surface area contributed by atoms with Crippen molar-refractivity contribution in [2.75, 3.05) is 13.2 Å². The number of hydrogen-bond acceptors (Lipinski definition) is 4. The smallest absolute Gasteiger partial charge is 0.0843 e. The Labute approximate surface area is 116 Å². The molecule has 2 unspecified atom stereocenters. The van der Waals surface area contributed by atoms with Gasteiger partial charge in [-0.15, -0.1) is 5.10 Å². The highest BCUT2D eigenvalue weighted by Crippen LogP contribution is 2.15. The minimum Gasteiger partial charge on any atom is -0.377 e. The molecule has 5 heteroatoms. The molecule has 0 saturated heterocycles. The first-order valence-electron chi connectivity index (χ1n) is 7.28. The Balaban J connectivity index is 2.73. The average molecular weight is 268 g/mol. The number of aromatic nitrogens is 3. The molecule has 0 amide bonds. The number of rotatable bonds is 9. The highest BCUT2D eigenvalue weighted by Gasteiger charge is 2.25. The van der Waals surface area contributed by atoms with Gasteiger partial charge in [0.15, 0.2) is 0 Å². The number of hydrogen-bond donors (Lipinski definition) is 1. The molecule has 2 atom stereocenters. The lowest BCUT2D eigenvalue weighted by atomic mass is 9.95. The van der Waals surface area contributed by atoms with Gasteiger partial charge in [-0.05, 0) is 25.8 Å². The summed E-state index contributed by atoms with van der Waals surface area (Å²) in [6.45, 7) is 10.4. The molecule has 0 aliphatic carbocycles. The van der Waals surface area contributed by atoms with Crippen LogP contribution in [0.25, 0.3) is 0 Å². The van der Waals surface area contributed by atoms with E-state index < -0.39 is 0 Å². The van der Waals surface area contributed by atoms with Gasteiger partial charge in [-0.2, -0.15) is 0 Å². The van der Waals surface area contributed by atoms with E-state index in [0.29, 0.717) is 5.92 Å². The van der Waals surface area contributed by atoms with Gasteiger partial charge >= 0.3 is 0 Å². The van der Waals surface area contributed by atoms with Gasteiger partial charge in [-0.25, -0.2) is 0 Å². The molecule has 0 fully saturated rings. The third-order valence-corrected chi connectivity index (χ3v) is 3.15. The Kier molecular flexibility index (Phi) is 7.02. The van der Waals surface area contributed by atoms with Crippen molar-refractivity contribution in [1.29, 1.82) is 0 Å². The van der Waals surface area contributed by atoms with E-state index in [-0.39, 0.29) is 12.1 Å². The number of ether oxygens (including phenoxy) is 1. The Bertz CT molecular complexity index is 351. The van der Waals surface area contributed by atoms with Crippen LogP contribution in [0.5, 0.6) is 0 Å². The first-order chi connectivity index (χ1) is 9.08. The summed E-state index contributed by atoms with van der Waals surface area (Å²) < 4.78 is 7.67. The molecule has 1 aromatic heterocycles. The summed E-state index contributed by atoms with van der Waals surface area (Å²) in [6, 6.07) is 0.289.